The van der Waals surface area contributed by atoms with Gasteiger partial charge in [-0.2, -0.15) is 17.6 Å². The Morgan fingerprint density at radius 1 is 0.600 bits per heavy atom. The molecule has 5 atom stereocenters. The van der Waals surface area contributed by atoms with E-state index in [2.05, 4.69) is 54.7 Å². The van der Waals surface area contributed by atoms with E-state index in [-0.39, 0.29) is 0 Å². The highest BCUT2D eigenvalue weighted by molar-refractivity contribution is 5.24. The molecule has 0 aromatic heterocycles. The molecule has 4 heteroatoms. The van der Waals surface area contributed by atoms with Crippen LogP contribution in [0.1, 0.15) is 93.9 Å². The van der Waals surface area contributed by atoms with Crippen molar-refractivity contribution in [1.29, 1.82) is 0 Å². The van der Waals surface area contributed by atoms with Crippen LogP contribution in [0.3, 0.4) is 0 Å². The minimum Gasteiger partial charge on any atom is -0.194 e. The Labute approximate surface area is 183 Å². The van der Waals surface area contributed by atoms with Gasteiger partial charge in [-0.05, 0) is 60.8 Å². The van der Waals surface area contributed by atoms with Crippen molar-refractivity contribution in [1.82, 2.24) is 0 Å². The van der Waals surface area contributed by atoms with Crippen LogP contribution in [0.4, 0.5) is 17.6 Å². The van der Waals surface area contributed by atoms with Gasteiger partial charge in [-0.3, -0.25) is 0 Å². The van der Waals surface area contributed by atoms with Crippen molar-refractivity contribution in [2.24, 2.45) is 35.5 Å². The monoisotopic (exact) mass is 434 g/mol. The fraction of sp³-hybridized carbons (Fsp3) is 0.846. The minimum atomic E-state index is -4.27. The molecule has 0 fully saturated rings. The molecule has 0 aromatic rings. The van der Waals surface area contributed by atoms with E-state index in [1.165, 1.54) is 12.8 Å². The first-order valence-corrected chi connectivity index (χ1v) is 11.7. The SMILES string of the molecule is C=C(C)C(F)(F)C(F)(F)C(=C)C(C)CCC(C)C(C)CCC(C)C(C)CCC(C)C. The summed E-state index contributed by atoms with van der Waals surface area (Å²) in [5.41, 5.74) is -1.53. The summed E-state index contributed by atoms with van der Waals surface area (Å²) in [4.78, 5) is 0. The van der Waals surface area contributed by atoms with Crippen LogP contribution in [0.15, 0.2) is 24.3 Å². The third-order valence-electron chi connectivity index (χ3n) is 7.20. The molecule has 0 radical (unpaired) electrons. The second-order valence-electron chi connectivity index (χ2n) is 10.4. The first-order chi connectivity index (χ1) is 13.6. The van der Waals surface area contributed by atoms with Gasteiger partial charge in [0.25, 0.3) is 0 Å². The number of rotatable bonds is 15. The molecule has 0 saturated carbocycles. The van der Waals surface area contributed by atoms with Crippen LogP contribution in [-0.2, 0) is 0 Å². The van der Waals surface area contributed by atoms with Gasteiger partial charge in [-0.15, -0.1) is 0 Å². The molecule has 0 bridgehead atoms. The molecule has 178 valence electrons. The molecule has 30 heavy (non-hydrogen) atoms. The van der Waals surface area contributed by atoms with Crippen LogP contribution in [0.2, 0.25) is 0 Å². The van der Waals surface area contributed by atoms with Crippen molar-refractivity contribution in [2.45, 2.75) is 106 Å². The van der Waals surface area contributed by atoms with Gasteiger partial charge in [0.2, 0.25) is 0 Å². The van der Waals surface area contributed by atoms with Crippen molar-refractivity contribution in [3.8, 4) is 0 Å². The van der Waals surface area contributed by atoms with E-state index in [1.807, 2.05) is 0 Å². The molecular formula is C26H46F4. The molecule has 0 aliphatic heterocycles. The van der Waals surface area contributed by atoms with Crippen molar-refractivity contribution >= 4 is 0 Å². The second kappa shape index (κ2) is 12.3. The summed E-state index contributed by atoms with van der Waals surface area (Å²) in [6, 6.07) is 0. The fourth-order valence-electron chi connectivity index (χ4n) is 3.73. The number of hydrogen-bond donors (Lipinski definition) is 0. The summed E-state index contributed by atoms with van der Waals surface area (Å²) in [5.74, 6) is -6.27. The van der Waals surface area contributed by atoms with Crippen LogP contribution in [0.5, 0.6) is 0 Å². The molecule has 5 unspecified atom stereocenters. The van der Waals surface area contributed by atoms with Crippen molar-refractivity contribution in [3.63, 3.8) is 0 Å². The summed E-state index contributed by atoms with van der Waals surface area (Å²) in [7, 11) is 0. The van der Waals surface area contributed by atoms with Gasteiger partial charge in [-0.1, -0.05) is 87.3 Å². The highest BCUT2D eigenvalue weighted by Gasteiger charge is 2.59. The molecule has 0 aliphatic rings. The normalized spacial score (nSPS) is 18.0. The largest absolute Gasteiger partial charge is 0.335 e. The van der Waals surface area contributed by atoms with E-state index in [0.29, 0.717) is 30.1 Å². The van der Waals surface area contributed by atoms with Gasteiger partial charge in [0.05, 0.1) is 0 Å². The molecule has 0 N–H and O–H groups in total. The van der Waals surface area contributed by atoms with Crippen LogP contribution in [-0.4, -0.2) is 11.8 Å². The maximum absolute atomic E-state index is 14.3. The average molecular weight is 435 g/mol. The van der Waals surface area contributed by atoms with Gasteiger partial charge in [0, 0.05) is 5.57 Å². The number of halogens is 4. The van der Waals surface area contributed by atoms with E-state index in [1.54, 1.807) is 6.92 Å². The topological polar surface area (TPSA) is 0 Å². The Hall–Kier alpha value is -0.800. The molecule has 0 amide bonds. The lowest BCUT2D eigenvalue weighted by Crippen LogP contribution is -2.44. The van der Waals surface area contributed by atoms with E-state index in [9.17, 15) is 17.6 Å². The molecule has 0 aliphatic carbocycles. The zero-order valence-corrected chi connectivity index (χ0v) is 20.6. The van der Waals surface area contributed by atoms with Crippen molar-refractivity contribution < 1.29 is 17.6 Å². The smallest absolute Gasteiger partial charge is 0.194 e. The summed E-state index contributed by atoms with van der Waals surface area (Å²) < 4.78 is 56.3. The molecule has 0 rings (SSSR count). The minimum absolute atomic E-state index is 0.355. The third-order valence-corrected chi connectivity index (χ3v) is 7.20. The van der Waals surface area contributed by atoms with Crippen molar-refractivity contribution in [3.05, 3.63) is 24.3 Å². The number of alkyl halides is 4. The van der Waals surface area contributed by atoms with Gasteiger partial charge in [0.1, 0.15) is 0 Å². The standard InChI is InChI=1S/C26H46F4/c1-17(2)11-12-19(5)20(6)13-14-21(7)22(8)15-16-23(9)24(10)26(29,30)25(27,28)18(3)4/h17,19-23H,3,10-16H2,1-2,4-9H3. The maximum atomic E-state index is 14.3. The summed E-state index contributed by atoms with van der Waals surface area (Å²) in [6.07, 6.45) is 5.95. The summed E-state index contributed by atoms with van der Waals surface area (Å²) >= 11 is 0. The Balaban J connectivity index is 4.59. The highest BCUT2D eigenvalue weighted by atomic mass is 19.3. The van der Waals surface area contributed by atoms with Crippen LogP contribution >= 0.6 is 0 Å². The number of allylic oxidation sites excluding steroid dienone is 2. The molecule has 0 saturated heterocycles. The van der Waals surface area contributed by atoms with Gasteiger partial charge >= 0.3 is 11.8 Å². The lowest BCUT2D eigenvalue weighted by atomic mass is 9.80. The highest BCUT2D eigenvalue weighted by Crippen LogP contribution is 2.46. The predicted molar refractivity (Wildman–Crippen MR) is 122 cm³/mol. The third kappa shape index (κ3) is 8.38. The zero-order valence-electron chi connectivity index (χ0n) is 20.6. The lowest BCUT2D eigenvalue weighted by molar-refractivity contribution is -0.164. The number of hydrogen-bond acceptors (Lipinski definition) is 0. The Bertz CT molecular complexity index is 535. The summed E-state index contributed by atoms with van der Waals surface area (Å²) in [6.45, 7) is 22.4. The van der Waals surface area contributed by atoms with E-state index in [4.69, 9.17) is 0 Å². The first kappa shape index (κ1) is 29.2. The van der Waals surface area contributed by atoms with Crippen LogP contribution < -0.4 is 0 Å². The van der Waals surface area contributed by atoms with Gasteiger partial charge < -0.3 is 0 Å². The van der Waals surface area contributed by atoms with Crippen LogP contribution in [0.25, 0.3) is 0 Å². The molecule has 0 nitrogen and oxygen atoms in total. The second-order valence-corrected chi connectivity index (χ2v) is 10.4. The lowest BCUT2D eigenvalue weighted by Gasteiger charge is -2.32. The average Bonchev–Trinajstić information content (AvgIpc) is 2.66. The van der Waals surface area contributed by atoms with Gasteiger partial charge in [-0.25, -0.2) is 0 Å². The van der Waals surface area contributed by atoms with Crippen LogP contribution in [0, 0.1) is 35.5 Å². The van der Waals surface area contributed by atoms with E-state index < -0.39 is 28.9 Å². The first-order valence-electron chi connectivity index (χ1n) is 11.7. The quantitative estimate of drug-likeness (QED) is 0.178. The Kier molecular flexibility index (Phi) is 12.0. The molecular weight excluding hydrogens is 388 g/mol. The van der Waals surface area contributed by atoms with E-state index >= 15 is 0 Å². The zero-order chi connectivity index (χ0) is 23.9. The van der Waals surface area contributed by atoms with Crippen molar-refractivity contribution in [2.75, 3.05) is 0 Å². The summed E-state index contributed by atoms with van der Waals surface area (Å²) in [5, 5.41) is 0. The maximum Gasteiger partial charge on any atom is 0.335 e. The van der Waals surface area contributed by atoms with Gasteiger partial charge in [0.15, 0.2) is 0 Å². The van der Waals surface area contributed by atoms with E-state index in [0.717, 1.165) is 32.1 Å². The predicted octanol–water partition coefficient (Wildman–Crippen LogP) is 9.57. The Morgan fingerprint density at radius 2 is 0.933 bits per heavy atom. The molecule has 0 heterocycles. The fourth-order valence-corrected chi connectivity index (χ4v) is 3.73. The molecule has 0 spiro atoms. The Morgan fingerprint density at radius 3 is 1.27 bits per heavy atom. The molecule has 0 aromatic carbocycles.